The lowest BCUT2D eigenvalue weighted by atomic mass is 10.2. The Hall–Kier alpha value is -2.26. The van der Waals surface area contributed by atoms with Crippen LogP contribution in [-0.2, 0) is 0 Å². The Balaban J connectivity index is 2.90. The summed E-state index contributed by atoms with van der Waals surface area (Å²) in [7, 11) is 1.81. The third kappa shape index (κ3) is 2.36. The summed E-state index contributed by atoms with van der Waals surface area (Å²) in [5.41, 5.74) is 1.75. The number of hydrazone groups is 1. The molecule has 0 bridgehead atoms. The van der Waals surface area contributed by atoms with Crippen LogP contribution in [0.25, 0.3) is 0 Å². The largest absolute Gasteiger partial charge is 0.269 e. The first-order valence-electron chi connectivity index (χ1n) is 3.98. The van der Waals surface area contributed by atoms with E-state index in [4.69, 9.17) is 5.26 Å². The van der Waals surface area contributed by atoms with Crippen LogP contribution in [0.4, 0.5) is 5.69 Å². The van der Waals surface area contributed by atoms with Crippen molar-refractivity contribution in [3.05, 3.63) is 29.8 Å². The standard InChI is InChI=1S/C11H9N3/c1-13-14(2)11-7-5-10(6-8-11)4-3-9-12/h5-8H,1H2,2H3. The van der Waals surface area contributed by atoms with Crippen LogP contribution >= 0.6 is 0 Å². The van der Waals surface area contributed by atoms with Crippen LogP contribution in [0.3, 0.4) is 0 Å². The zero-order valence-corrected chi connectivity index (χ0v) is 7.86. The van der Waals surface area contributed by atoms with Crippen molar-refractivity contribution in [3.63, 3.8) is 0 Å². The number of nitrogens with zero attached hydrogens (tertiary/aromatic N) is 3. The van der Waals surface area contributed by atoms with E-state index >= 15 is 0 Å². The summed E-state index contributed by atoms with van der Waals surface area (Å²) in [5.74, 6) is 5.04. The fourth-order valence-corrected chi connectivity index (χ4v) is 0.942. The molecule has 0 amide bonds. The quantitative estimate of drug-likeness (QED) is 0.397. The van der Waals surface area contributed by atoms with E-state index in [1.165, 1.54) is 0 Å². The SMILES string of the molecule is C=NN(C)c1ccc(C#CC#N)cc1. The summed E-state index contributed by atoms with van der Waals surface area (Å²) in [6.07, 6.45) is 0. The topological polar surface area (TPSA) is 39.4 Å². The zero-order valence-electron chi connectivity index (χ0n) is 7.86. The van der Waals surface area contributed by atoms with Crippen LogP contribution in [0, 0.1) is 23.2 Å². The minimum absolute atomic E-state index is 0.813. The number of rotatable bonds is 2. The maximum Gasteiger partial charge on any atom is 0.152 e. The van der Waals surface area contributed by atoms with Gasteiger partial charge in [-0.15, -0.1) is 0 Å². The second-order valence-electron chi connectivity index (χ2n) is 2.57. The molecule has 0 aliphatic carbocycles. The van der Waals surface area contributed by atoms with Crippen LogP contribution in [0.5, 0.6) is 0 Å². The van der Waals surface area contributed by atoms with Crippen molar-refractivity contribution >= 4 is 12.4 Å². The van der Waals surface area contributed by atoms with E-state index in [1.54, 1.807) is 11.1 Å². The second kappa shape index (κ2) is 4.69. The smallest absolute Gasteiger partial charge is 0.152 e. The summed E-state index contributed by atoms with van der Waals surface area (Å²) >= 11 is 0. The molecule has 0 fully saturated rings. The van der Waals surface area contributed by atoms with Crippen molar-refractivity contribution in [2.75, 3.05) is 12.1 Å². The first-order valence-corrected chi connectivity index (χ1v) is 3.98. The Kier molecular flexibility index (Phi) is 3.29. The van der Waals surface area contributed by atoms with Gasteiger partial charge >= 0.3 is 0 Å². The van der Waals surface area contributed by atoms with Crippen LogP contribution < -0.4 is 5.01 Å². The van der Waals surface area contributed by atoms with Gasteiger partial charge in [0.15, 0.2) is 6.07 Å². The second-order valence-corrected chi connectivity index (χ2v) is 2.57. The lowest BCUT2D eigenvalue weighted by Crippen LogP contribution is -2.06. The molecule has 0 atom stereocenters. The molecular weight excluding hydrogens is 174 g/mol. The molecule has 3 heteroatoms. The summed E-state index contributed by atoms with van der Waals surface area (Å²) < 4.78 is 0. The van der Waals surface area contributed by atoms with Crippen LogP contribution in [0.1, 0.15) is 5.56 Å². The molecule has 0 saturated carbocycles. The van der Waals surface area contributed by atoms with Crippen molar-refractivity contribution in [1.82, 2.24) is 0 Å². The Morgan fingerprint density at radius 1 is 1.36 bits per heavy atom. The molecule has 1 rings (SSSR count). The minimum atomic E-state index is 0.813. The molecule has 3 nitrogen and oxygen atoms in total. The number of hydrogen-bond donors (Lipinski definition) is 0. The molecule has 14 heavy (non-hydrogen) atoms. The Labute approximate surface area is 83.3 Å². The number of benzene rings is 1. The maximum atomic E-state index is 8.25. The van der Waals surface area contributed by atoms with Crippen molar-refractivity contribution in [3.8, 4) is 17.9 Å². The number of anilines is 1. The van der Waals surface area contributed by atoms with E-state index in [2.05, 4.69) is 23.7 Å². The number of nitriles is 1. The molecular formula is C11H9N3. The molecule has 0 saturated heterocycles. The molecule has 1 aromatic rings. The predicted octanol–water partition coefficient (Wildman–Crippen LogP) is 1.61. The van der Waals surface area contributed by atoms with E-state index in [0.717, 1.165) is 11.3 Å². The molecule has 0 radical (unpaired) electrons. The van der Waals surface area contributed by atoms with Gasteiger partial charge in [0.25, 0.3) is 0 Å². The van der Waals surface area contributed by atoms with Crippen molar-refractivity contribution in [1.29, 1.82) is 5.26 Å². The van der Waals surface area contributed by atoms with Crippen LogP contribution in [0.15, 0.2) is 29.4 Å². The van der Waals surface area contributed by atoms with Crippen molar-refractivity contribution < 1.29 is 0 Å². The van der Waals surface area contributed by atoms with E-state index in [0.29, 0.717) is 0 Å². The first-order chi connectivity index (χ1) is 6.77. The summed E-state index contributed by atoms with van der Waals surface area (Å²) in [6, 6.07) is 9.18. The average Bonchev–Trinajstić information content (AvgIpc) is 2.26. The highest BCUT2D eigenvalue weighted by atomic mass is 15.4. The highest BCUT2D eigenvalue weighted by molar-refractivity contribution is 5.51. The Morgan fingerprint density at radius 3 is 2.50 bits per heavy atom. The monoisotopic (exact) mass is 183 g/mol. The van der Waals surface area contributed by atoms with Gasteiger partial charge < -0.3 is 0 Å². The van der Waals surface area contributed by atoms with Gasteiger partial charge in [-0.25, -0.2) is 0 Å². The lowest BCUT2D eigenvalue weighted by molar-refractivity contribution is 1.03. The summed E-state index contributed by atoms with van der Waals surface area (Å²) in [5, 5.41) is 13.7. The minimum Gasteiger partial charge on any atom is -0.269 e. The van der Waals surface area contributed by atoms with Crippen LogP contribution in [0.2, 0.25) is 0 Å². The zero-order chi connectivity index (χ0) is 10.4. The molecule has 0 aromatic heterocycles. The normalized spacial score (nSPS) is 8.00. The molecule has 0 unspecified atom stereocenters. The highest BCUT2D eigenvalue weighted by Crippen LogP contribution is 2.12. The predicted molar refractivity (Wildman–Crippen MR) is 56.9 cm³/mol. The molecule has 0 aliphatic heterocycles. The Bertz CT molecular complexity index is 415. The van der Waals surface area contributed by atoms with Gasteiger partial charge in [0.1, 0.15) is 0 Å². The highest BCUT2D eigenvalue weighted by Gasteiger charge is 1.95. The fraction of sp³-hybridized carbons (Fsp3) is 0.0909. The molecule has 0 heterocycles. The lowest BCUT2D eigenvalue weighted by Gasteiger charge is -2.11. The van der Waals surface area contributed by atoms with Crippen LogP contribution in [-0.4, -0.2) is 13.8 Å². The van der Waals surface area contributed by atoms with Gasteiger partial charge in [0.2, 0.25) is 0 Å². The average molecular weight is 183 g/mol. The maximum absolute atomic E-state index is 8.25. The molecule has 68 valence electrons. The summed E-state index contributed by atoms with van der Waals surface area (Å²) in [6.45, 7) is 3.41. The van der Waals surface area contributed by atoms with Gasteiger partial charge in [0, 0.05) is 25.2 Å². The third-order valence-electron chi connectivity index (χ3n) is 1.72. The Morgan fingerprint density at radius 2 is 2.00 bits per heavy atom. The van der Waals surface area contributed by atoms with Gasteiger partial charge in [-0.3, -0.25) is 5.01 Å². The molecule has 0 aliphatic rings. The van der Waals surface area contributed by atoms with Gasteiger partial charge in [-0.1, -0.05) is 5.92 Å². The van der Waals surface area contributed by atoms with Gasteiger partial charge in [0.05, 0.1) is 5.69 Å². The summed E-state index contributed by atoms with van der Waals surface area (Å²) in [4.78, 5) is 0. The molecule has 0 N–H and O–H groups in total. The number of hydrogen-bond acceptors (Lipinski definition) is 3. The van der Waals surface area contributed by atoms with Gasteiger partial charge in [-0.05, 0) is 24.3 Å². The van der Waals surface area contributed by atoms with E-state index in [9.17, 15) is 0 Å². The molecule has 1 aromatic carbocycles. The third-order valence-corrected chi connectivity index (χ3v) is 1.72. The fourth-order valence-electron chi connectivity index (χ4n) is 0.942. The van der Waals surface area contributed by atoms with E-state index < -0.39 is 0 Å². The first kappa shape index (κ1) is 9.83. The molecule has 0 spiro atoms. The van der Waals surface area contributed by atoms with E-state index in [-0.39, 0.29) is 0 Å². The van der Waals surface area contributed by atoms with E-state index in [1.807, 2.05) is 31.3 Å². The van der Waals surface area contributed by atoms with Crippen molar-refractivity contribution in [2.45, 2.75) is 0 Å². The van der Waals surface area contributed by atoms with Crippen molar-refractivity contribution in [2.24, 2.45) is 5.10 Å². The van der Waals surface area contributed by atoms with Gasteiger partial charge in [-0.2, -0.15) is 10.4 Å².